The topological polar surface area (TPSA) is 66.9 Å². The van der Waals surface area contributed by atoms with E-state index in [1.54, 1.807) is 13.2 Å². The van der Waals surface area contributed by atoms with E-state index < -0.39 is 0 Å². The summed E-state index contributed by atoms with van der Waals surface area (Å²) in [5.41, 5.74) is 0.380. The summed E-state index contributed by atoms with van der Waals surface area (Å²) in [5.74, 6) is 1.65. The summed E-state index contributed by atoms with van der Waals surface area (Å²) >= 11 is 0. The fourth-order valence-corrected chi connectivity index (χ4v) is 2.97. The molecular formula is C15H24N4O. The number of rotatable bonds is 4. The number of hydrogen-bond acceptors (Lipinski definition) is 4. The van der Waals surface area contributed by atoms with Crippen molar-refractivity contribution in [2.45, 2.75) is 45.6 Å². The average Bonchev–Trinajstić information content (AvgIpc) is 2.47. The monoisotopic (exact) mass is 276 g/mol. The van der Waals surface area contributed by atoms with Crippen molar-refractivity contribution in [3.05, 3.63) is 18.1 Å². The summed E-state index contributed by atoms with van der Waals surface area (Å²) < 4.78 is 0. The van der Waals surface area contributed by atoms with Crippen LogP contribution in [0.3, 0.4) is 0 Å². The molecule has 2 unspecified atom stereocenters. The van der Waals surface area contributed by atoms with Crippen molar-refractivity contribution in [3.63, 3.8) is 0 Å². The molecule has 1 fully saturated rings. The van der Waals surface area contributed by atoms with Crippen LogP contribution in [0.1, 0.15) is 50.0 Å². The molecule has 0 spiro atoms. The second-order valence-corrected chi connectivity index (χ2v) is 5.81. The zero-order valence-corrected chi connectivity index (χ0v) is 12.5. The molecule has 0 aromatic carbocycles. The van der Waals surface area contributed by atoms with E-state index in [0.717, 1.165) is 6.42 Å². The maximum atomic E-state index is 12.3. The van der Waals surface area contributed by atoms with Crippen LogP contribution in [-0.4, -0.2) is 29.0 Å². The van der Waals surface area contributed by atoms with E-state index >= 15 is 0 Å². The summed E-state index contributed by atoms with van der Waals surface area (Å²) in [7, 11) is 1.77. The van der Waals surface area contributed by atoms with Gasteiger partial charge in [-0.2, -0.15) is 0 Å². The van der Waals surface area contributed by atoms with Gasteiger partial charge in [-0.1, -0.05) is 26.7 Å². The van der Waals surface area contributed by atoms with Crippen molar-refractivity contribution in [1.29, 1.82) is 0 Å². The van der Waals surface area contributed by atoms with E-state index in [2.05, 4.69) is 34.4 Å². The van der Waals surface area contributed by atoms with E-state index in [4.69, 9.17) is 0 Å². The van der Waals surface area contributed by atoms with Crippen molar-refractivity contribution < 1.29 is 4.79 Å². The highest BCUT2D eigenvalue weighted by Crippen LogP contribution is 2.30. The van der Waals surface area contributed by atoms with E-state index in [1.165, 1.54) is 25.5 Å². The molecule has 1 aromatic heterocycles. The smallest absolute Gasteiger partial charge is 0.271 e. The Morgan fingerprint density at radius 1 is 1.30 bits per heavy atom. The molecule has 1 aromatic rings. The number of nitrogens with zero attached hydrogens (tertiary/aromatic N) is 2. The predicted octanol–water partition coefficient (Wildman–Crippen LogP) is 2.46. The van der Waals surface area contributed by atoms with Gasteiger partial charge in [0.15, 0.2) is 0 Å². The minimum absolute atomic E-state index is 0.118. The fraction of sp³-hybridized carbons (Fsp3) is 0.667. The number of nitrogens with one attached hydrogen (secondary N) is 2. The summed E-state index contributed by atoms with van der Waals surface area (Å²) in [6.45, 7) is 4.47. The Kier molecular flexibility index (Phi) is 4.93. The van der Waals surface area contributed by atoms with Gasteiger partial charge in [-0.05, 0) is 24.7 Å². The van der Waals surface area contributed by atoms with Gasteiger partial charge in [0.2, 0.25) is 0 Å². The van der Waals surface area contributed by atoms with Crippen molar-refractivity contribution in [2.24, 2.45) is 11.8 Å². The third-order valence-electron chi connectivity index (χ3n) is 4.12. The number of amides is 1. The van der Waals surface area contributed by atoms with Gasteiger partial charge in [0, 0.05) is 13.1 Å². The standard InChI is InChI=1S/C15H24N4O/c1-10(2)11-6-4-5-7-12(11)19-15(20)13-8-17-9-14(16-3)18-13/h8-12H,4-7H2,1-3H3,(H,16,18)(H,19,20). The lowest BCUT2D eigenvalue weighted by Gasteiger charge is -2.34. The van der Waals surface area contributed by atoms with E-state index in [0.29, 0.717) is 23.3 Å². The lowest BCUT2D eigenvalue weighted by Crippen LogP contribution is -2.44. The SMILES string of the molecule is CNc1cncc(C(=O)NC2CCCCC2C(C)C)n1. The first-order valence-electron chi connectivity index (χ1n) is 7.42. The van der Waals surface area contributed by atoms with Crippen LogP contribution in [0, 0.1) is 11.8 Å². The first kappa shape index (κ1) is 14.8. The summed E-state index contributed by atoms with van der Waals surface area (Å²) in [6.07, 6.45) is 7.84. The Hall–Kier alpha value is -1.65. The molecule has 2 rings (SSSR count). The second-order valence-electron chi connectivity index (χ2n) is 5.81. The Balaban J connectivity index is 2.05. The Morgan fingerprint density at radius 2 is 2.05 bits per heavy atom. The lowest BCUT2D eigenvalue weighted by atomic mass is 9.78. The molecule has 1 saturated carbocycles. The Bertz CT molecular complexity index is 461. The van der Waals surface area contributed by atoms with Gasteiger partial charge in [0.25, 0.3) is 5.91 Å². The van der Waals surface area contributed by atoms with Crippen LogP contribution in [-0.2, 0) is 0 Å². The van der Waals surface area contributed by atoms with Gasteiger partial charge in [-0.25, -0.2) is 4.98 Å². The highest BCUT2D eigenvalue weighted by Gasteiger charge is 2.29. The van der Waals surface area contributed by atoms with Crippen molar-refractivity contribution in [2.75, 3.05) is 12.4 Å². The third kappa shape index (κ3) is 3.46. The van der Waals surface area contributed by atoms with Crippen molar-refractivity contribution in [3.8, 4) is 0 Å². The Morgan fingerprint density at radius 3 is 2.75 bits per heavy atom. The van der Waals surface area contributed by atoms with Crippen LogP contribution in [0.25, 0.3) is 0 Å². The van der Waals surface area contributed by atoms with Crippen LogP contribution in [0.15, 0.2) is 12.4 Å². The molecule has 1 heterocycles. The minimum Gasteiger partial charge on any atom is -0.372 e. The summed E-state index contributed by atoms with van der Waals surface area (Å²) in [6, 6.07) is 0.260. The zero-order chi connectivity index (χ0) is 14.5. The first-order chi connectivity index (χ1) is 9.61. The molecule has 2 N–H and O–H groups in total. The van der Waals surface area contributed by atoms with Gasteiger partial charge < -0.3 is 10.6 Å². The van der Waals surface area contributed by atoms with Gasteiger partial charge in [0.1, 0.15) is 11.5 Å². The molecule has 0 saturated heterocycles. The number of carbonyl (C=O) groups is 1. The lowest BCUT2D eigenvalue weighted by molar-refractivity contribution is 0.0883. The molecule has 0 bridgehead atoms. The maximum Gasteiger partial charge on any atom is 0.271 e. The van der Waals surface area contributed by atoms with E-state index in [-0.39, 0.29) is 11.9 Å². The zero-order valence-electron chi connectivity index (χ0n) is 12.5. The van der Waals surface area contributed by atoms with Crippen molar-refractivity contribution in [1.82, 2.24) is 15.3 Å². The molecule has 20 heavy (non-hydrogen) atoms. The molecule has 1 amide bonds. The van der Waals surface area contributed by atoms with Gasteiger partial charge in [-0.3, -0.25) is 9.78 Å². The second kappa shape index (κ2) is 6.68. The van der Waals surface area contributed by atoms with Gasteiger partial charge in [0.05, 0.1) is 12.4 Å². The highest BCUT2D eigenvalue weighted by atomic mass is 16.2. The Labute approximate surface area is 120 Å². The molecule has 0 radical (unpaired) electrons. The molecule has 110 valence electrons. The third-order valence-corrected chi connectivity index (χ3v) is 4.12. The van der Waals surface area contributed by atoms with Crippen molar-refractivity contribution >= 4 is 11.7 Å². The molecule has 5 heteroatoms. The normalized spacial score (nSPS) is 22.6. The predicted molar refractivity (Wildman–Crippen MR) is 79.6 cm³/mol. The number of hydrogen-bond donors (Lipinski definition) is 2. The molecule has 1 aliphatic rings. The van der Waals surface area contributed by atoms with Crippen LogP contribution < -0.4 is 10.6 Å². The average molecular weight is 276 g/mol. The quantitative estimate of drug-likeness (QED) is 0.886. The molecular weight excluding hydrogens is 252 g/mol. The number of carbonyl (C=O) groups excluding carboxylic acids is 1. The first-order valence-corrected chi connectivity index (χ1v) is 7.42. The van der Waals surface area contributed by atoms with Crippen LogP contribution >= 0.6 is 0 Å². The maximum absolute atomic E-state index is 12.3. The van der Waals surface area contributed by atoms with E-state index in [9.17, 15) is 4.79 Å². The van der Waals surface area contributed by atoms with Crippen LogP contribution in [0.4, 0.5) is 5.82 Å². The largest absolute Gasteiger partial charge is 0.372 e. The van der Waals surface area contributed by atoms with E-state index in [1.807, 2.05) is 0 Å². The fourth-order valence-electron chi connectivity index (χ4n) is 2.97. The van der Waals surface area contributed by atoms with Crippen LogP contribution in [0.2, 0.25) is 0 Å². The van der Waals surface area contributed by atoms with Crippen LogP contribution in [0.5, 0.6) is 0 Å². The highest BCUT2D eigenvalue weighted by molar-refractivity contribution is 5.92. The summed E-state index contributed by atoms with van der Waals surface area (Å²) in [4.78, 5) is 20.6. The van der Waals surface area contributed by atoms with Gasteiger partial charge in [-0.15, -0.1) is 0 Å². The molecule has 5 nitrogen and oxygen atoms in total. The molecule has 0 aliphatic heterocycles. The number of aromatic nitrogens is 2. The molecule has 1 aliphatic carbocycles. The van der Waals surface area contributed by atoms with Gasteiger partial charge >= 0.3 is 0 Å². The molecule has 2 atom stereocenters. The minimum atomic E-state index is -0.118. The number of anilines is 1. The summed E-state index contributed by atoms with van der Waals surface area (Å²) in [5, 5.41) is 6.05.